The molecule has 0 atom stereocenters. The minimum Gasteiger partial charge on any atom is -0.478 e. The first-order valence-electron chi connectivity index (χ1n) is 4.11. The number of hydrogen-bond acceptors (Lipinski definition) is 3. The zero-order valence-electron chi connectivity index (χ0n) is 7.45. The standard InChI is InChI=1S/C9H12N2O2/c1-2-8-7(9(12)13)4-3-6(5-10)11-8/h3-4H,2,5,10H2,1H3,(H,12,13). The van der Waals surface area contributed by atoms with Crippen LogP contribution in [0, 0.1) is 0 Å². The Morgan fingerprint density at radius 2 is 2.31 bits per heavy atom. The zero-order valence-corrected chi connectivity index (χ0v) is 7.45. The second-order valence-corrected chi connectivity index (χ2v) is 2.66. The number of aryl methyl sites for hydroxylation is 1. The van der Waals surface area contributed by atoms with Gasteiger partial charge >= 0.3 is 5.97 Å². The normalized spacial score (nSPS) is 10.0. The maximum atomic E-state index is 10.7. The second-order valence-electron chi connectivity index (χ2n) is 2.66. The molecule has 4 heteroatoms. The lowest BCUT2D eigenvalue weighted by Gasteiger charge is -2.04. The molecule has 0 aromatic carbocycles. The van der Waals surface area contributed by atoms with E-state index in [0.29, 0.717) is 18.7 Å². The number of carbonyl (C=O) groups is 1. The number of carboxylic acids is 1. The molecule has 0 aliphatic rings. The number of carboxylic acid groups (broad SMARTS) is 1. The molecule has 0 amide bonds. The number of nitrogens with zero attached hydrogens (tertiary/aromatic N) is 1. The molecule has 0 spiro atoms. The fourth-order valence-electron chi connectivity index (χ4n) is 1.12. The van der Waals surface area contributed by atoms with Crippen LogP contribution in [-0.2, 0) is 13.0 Å². The van der Waals surface area contributed by atoms with Gasteiger partial charge in [0.25, 0.3) is 0 Å². The van der Waals surface area contributed by atoms with Crippen molar-refractivity contribution in [3.05, 3.63) is 29.1 Å². The minimum atomic E-state index is -0.937. The predicted octanol–water partition coefficient (Wildman–Crippen LogP) is 0.801. The number of rotatable bonds is 3. The van der Waals surface area contributed by atoms with Crippen molar-refractivity contribution < 1.29 is 9.90 Å². The van der Waals surface area contributed by atoms with Crippen LogP contribution in [0.2, 0.25) is 0 Å². The maximum absolute atomic E-state index is 10.7. The Morgan fingerprint density at radius 1 is 1.62 bits per heavy atom. The van der Waals surface area contributed by atoms with Gasteiger partial charge in [-0.1, -0.05) is 6.92 Å². The largest absolute Gasteiger partial charge is 0.478 e. The number of aromatic nitrogens is 1. The minimum absolute atomic E-state index is 0.264. The summed E-state index contributed by atoms with van der Waals surface area (Å²) in [6, 6.07) is 3.19. The quantitative estimate of drug-likeness (QED) is 0.721. The lowest BCUT2D eigenvalue weighted by atomic mass is 10.1. The van der Waals surface area contributed by atoms with Crippen molar-refractivity contribution in [3.8, 4) is 0 Å². The van der Waals surface area contributed by atoms with Gasteiger partial charge in [0.05, 0.1) is 17.0 Å². The Bertz CT molecular complexity index is 323. The number of nitrogens with two attached hydrogens (primary N) is 1. The fraction of sp³-hybridized carbons (Fsp3) is 0.333. The molecule has 0 saturated heterocycles. The van der Waals surface area contributed by atoms with Gasteiger partial charge in [-0.15, -0.1) is 0 Å². The van der Waals surface area contributed by atoms with E-state index in [2.05, 4.69) is 4.98 Å². The van der Waals surface area contributed by atoms with E-state index in [-0.39, 0.29) is 5.56 Å². The monoisotopic (exact) mass is 180 g/mol. The van der Waals surface area contributed by atoms with Gasteiger partial charge in [-0.25, -0.2) is 4.79 Å². The van der Waals surface area contributed by atoms with Crippen molar-refractivity contribution in [2.45, 2.75) is 19.9 Å². The van der Waals surface area contributed by atoms with Crippen molar-refractivity contribution >= 4 is 5.97 Å². The van der Waals surface area contributed by atoms with Crippen LogP contribution in [0.1, 0.15) is 28.7 Å². The third kappa shape index (κ3) is 2.03. The molecule has 0 fully saturated rings. The van der Waals surface area contributed by atoms with Crippen molar-refractivity contribution in [2.24, 2.45) is 5.73 Å². The van der Waals surface area contributed by atoms with Crippen LogP contribution in [0.4, 0.5) is 0 Å². The Morgan fingerprint density at radius 3 is 2.77 bits per heavy atom. The smallest absolute Gasteiger partial charge is 0.337 e. The summed E-state index contributed by atoms with van der Waals surface area (Å²) >= 11 is 0. The molecule has 1 aromatic heterocycles. The Balaban J connectivity index is 3.15. The summed E-state index contributed by atoms with van der Waals surface area (Å²) in [4.78, 5) is 14.8. The van der Waals surface area contributed by atoms with Gasteiger partial charge in [0.2, 0.25) is 0 Å². The van der Waals surface area contributed by atoms with Crippen molar-refractivity contribution in [2.75, 3.05) is 0 Å². The van der Waals surface area contributed by atoms with Gasteiger partial charge in [0.15, 0.2) is 0 Å². The average Bonchev–Trinajstić information content (AvgIpc) is 2.16. The van der Waals surface area contributed by atoms with Crippen LogP contribution in [-0.4, -0.2) is 16.1 Å². The van der Waals surface area contributed by atoms with Gasteiger partial charge in [-0.3, -0.25) is 4.98 Å². The van der Waals surface area contributed by atoms with E-state index in [1.54, 1.807) is 12.1 Å². The predicted molar refractivity (Wildman–Crippen MR) is 48.5 cm³/mol. The van der Waals surface area contributed by atoms with E-state index < -0.39 is 5.97 Å². The number of hydrogen-bond donors (Lipinski definition) is 2. The molecule has 1 heterocycles. The van der Waals surface area contributed by atoms with Gasteiger partial charge in [0.1, 0.15) is 0 Å². The van der Waals surface area contributed by atoms with Crippen molar-refractivity contribution in [1.29, 1.82) is 0 Å². The van der Waals surface area contributed by atoms with Crippen LogP contribution in [0.15, 0.2) is 12.1 Å². The molecule has 0 unspecified atom stereocenters. The summed E-state index contributed by atoms with van der Waals surface area (Å²) in [5.74, 6) is -0.937. The van der Waals surface area contributed by atoms with Crippen molar-refractivity contribution in [3.63, 3.8) is 0 Å². The zero-order chi connectivity index (χ0) is 9.84. The third-order valence-corrected chi connectivity index (χ3v) is 1.81. The highest BCUT2D eigenvalue weighted by Crippen LogP contribution is 2.08. The molecular weight excluding hydrogens is 168 g/mol. The second kappa shape index (κ2) is 4.00. The number of pyridine rings is 1. The molecule has 1 rings (SSSR count). The molecule has 0 bridgehead atoms. The summed E-state index contributed by atoms with van der Waals surface area (Å²) in [5, 5.41) is 8.79. The van der Waals surface area contributed by atoms with Gasteiger partial charge < -0.3 is 10.8 Å². The van der Waals surface area contributed by atoms with E-state index in [1.807, 2.05) is 6.92 Å². The van der Waals surface area contributed by atoms with E-state index in [9.17, 15) is 4.79 Å². The van der Waals surface area contributed by atoms with E-state index in [1.165, 1.54) is 0 Å². The topological polar surface area (TPSA) is 76.2 Å². The summed E-state index contributed by atoms with van der Waals surface area (Å²) in [6.07, 6.45) is 0.607. The van der Waals surface area contributed by atoms with Crippen LogP contribution >= 0.6 is 0 Å². The number of aromatic carboxylic acids is 1. The first-order valence-corrected chi connectivity index (χ1v) is 4.11. The molecule has 0 saturated carbocycles. The first kappa shape index (κ1) is 9.67. The molecule has 3 N–H and O–H groups in total. The lowest BCUT2D eigenvalue weighted by molar-refractivity contribution is 0.0695. The maximum Gasteiger partial charge on any atom is 0.337 e. The van der Waals surface area contributed by atoms with Crippen LogP contribution in [0.25, 0.3) is 0 Å². The molecule has 0 aliphatic carbocycles. The van der Waals surface area contributed by atoms with E-state index >= 15 is 0 Å². The molecule has 13 heavy (non-hydrogen) atoms. The van der Waals surface area contributed by atoms with E-state index in [4.69, 9.17) is 10.8 Å². The van der Waals surface area contributed by atoms with Gasteiger partial charge in [-0.2, -0.15) is 0 Å². The molecule has 0 radical (unpaired) electrons. The van der Waals surface area contributed by atoms with Crippen LogP contribution in [0.3, 0.4) is 0 Å². The fourth-order valence-corrected chi connectivity index (χ4v) is 1.12. The van der Waals surface area contributed by atoms with Crippen molar-refractivity contribution in [1.82, 2.24) is 4.98 Å². The summed E-state index contributed by atoms with van der Waals surface area (Å²) in [5.41, 5.74) is 6.97. The SMILES string of the molecule is CCc1nc(CN)ccc1C(=O)O. The highest BCUT2D eigenvalue weighted by atomic mass is 16.4. The van der Waals surface area contributed by atoms with E-state index in [0.717, 1.165) is 5.69 Å². The highest BCUT2D eigenvalue weighted by Gasteiger charge is 2.09. The van der Waals surface area contributed by atoms with Gasteiger partial charge in [-0.05, 0) is 18.6 Å². The first-order chi connectivity index (χ1) is 6.19. The summed E-state index contributed by atoms with van der Waals surface area (Å²) < 4.78 is 0. The molecule has 0 aliphatic heterocycles. The molecule has 70 valence electrons. The third-order valence-electron chi connectivity index (χ3n) is 1.81. The average molecular weight is 180 g/mol. The molecular formula is C9H12N2O2. The summed E-state index contributed by atoms with van der Waals surface area (Å²) in [6.45, 7) is 2.21. The highest BCUT2D eigenvalue weighted by molar-refractivity contribution is 5.88. The summed E-state index contributed by atoms with van der Waals surface area (Å²) in [7, 11) is 0. The molecule has 4 nitrogen and oxygen atoms in total. The van der Waals surface area contributed by atoms with Crippen LogP contribution < -0.4 is 5.73 Å². The lowest BCUT2D eigenvalue weighted by Crippen LogP contribution is -2.08. The Labute approximate surface area is 76.4 Å². The molecule has 1 aromatic rings. The van der Waals surface area contributed by atoms with Crippen LogP contribution in [0.5, 0.6) is 0 Å². The Kier molecular flexibility index (Phi) is 2.97. The Hall–Kier alpha value is -1.42. The van der Waals surface area contributed by atoms with Gasteiger partial charge in [0, 0.05) is 6.54 Å².